The topological polar surface area (TPSA) is 43.6 Å². The number of aromatic nitrogens is 4. The van der Waals surface area contributed by atoms with Gasteiger partial charge in [0.25, 0.3) is 5.95 Å². The molecule has 1 fully saturated rings. The Morgan fingerprint density at radius 2 is 1.96 bits per heavy atom. The van der Waals surface area contributed by atoms with Gasteiger partial charge in [-0.3, -0.25) is 0 Å². The zero-order chi connectivity index (χ0) is 16.4. The molecule has 0 aromatic carbocycles. The van der Waals surface area contributed by atoms with Gasteiger partial charge >= 0.3 is 0 Å². The third-order valence-corrected chi connectivity index (χ3v) is 4.22. The molecule has 1 saturated carbocycles. The zero-order valence-corrected chi connectivity index (χ0v) is 13.0. The highest BCUT2D eigenvalue weighted by Gasteiger charge is 2.34. The fraction of sp³-hybridized carbons (Fsp3) is 0.562. The summed E-state index contributed by atoms with van der Waals surface area (Å²) in [4.78, 5) is 8.78. The molecule has 2 aromatic heterocycles. The molecule has 0 radical (unpaired) electrons. The van der Waals surface area contributed by atoms with E-state index >= 15 is 0 Å². The first-order valence-corrected chi connectivity index (χ1v) is 7.78. The maximum absolute atomic E-state index is 13.2. The first kappa shape index (κ1) is 16.0. The van der Waals surface area contributed by atoms with Crippen LogP contribution in [0.15, 0.2) is 18.3 Å². The van der Waals surface area contributed by atoms with Crippen molar-refractivity contribution in [3.05, 3.63) is 35.4 Å². The van der Waals surface area contributed by atoms with E-state index < -0.39 is 12.6 Å². The van der Waals surface area contributed by atoms with Gasteiger partial charge in [-0.05, 0) is 44.2 Å². The Labute approximate surface area is 132 Å². The molecular formula is C16H19F3N4. The molecule has 0 saturated heterocycles. The summed E-state index contributed by atoms with van der Waals surface area (Å²) in [5.74, 6) is -1.90. The molecular weight excluding hydrogens is 305 g/mol. The summed E-state index contributed by atoms with van der Waals surface area (Å²) in [6.45, 7) is 1.21. The predicted molar refractivity (Wildman–Crippen MR) is 79.3 cm³/mol. The predicted octanol–water partition coefficient (Wildman–Crippen LogP) is 3.81. The van der Waals surface area contributed by atoms with Gasteiger partial charge in [0.2, 0.25) is 5.92 Å². The lowest BCUT2D eigenvalue weighted by Crippen LogP contribution is -2.25. The number of rotatable bonds is 4. The van der Waals surface area contributed by atoms with Gasteiger partial charge in [-0.15, -0.1) is 0 Å². The average molecular weight is 324 g/mol. The Morgan fingerprint density at radius 1 is 1.22 bits per heavy atom. The van der Waals surface area contributed by atoms with Crippen molar-refractivity contribution in [2.24, 2.45) is 5.92 Å². The van der Waals surface area contributed by atoms with Crippen molar-refractivity contribution in [3.63, 3.8) is 0 Å². The number of alkyl halides is 3. The molecule has 1 aliphatic rings. The molecule has 0 unspecified atom stereocenters. The van der Waals surface area contributed by atoms with E-state index in [1.165, 1.54) is 4.68 Å². The Hall–Kier alpha value is -1.92. The van der Waals surface area contributed by atoms with Crippen LogP contribution >= 0.6 is 0 Å². The summed E-state index contributed by atoms with van der Waals surface area (Å²) in [5, 5.41) is 4.06. The van der Waals surface area contributed by atoms with Crippen LogP contribution in [-0.2, 0) is 13.1 Å². The molecule has 2 aromatic rings. The molecule has 1 aliphatic carbocycles. The normalized spacial score (nSPS) is 18.3. The lowest BCUT2D eigenvalue weighted by atomic mass is 9.84. The minimum Gasteiger partial charge on any atom is -0.244 e. The maximum Gasteiger partial charge on any atom is 0.250 e. The third-order valence-electron chi connectivity index (χ3n) is 4.22. The summed E-state index contributed by atoms with van der Waals surface area (Å²) < 4.78 is 40.5. The number of aryl methyl sites for hydroxylation is 1. The highest BCUT2D eigenvalue weighted by molar-refractivity contribution is 5.19. The molecule has 3 rings (SSSR count). The van der Waals surface area contributed by atoms with Crippen molar-refractivity contribution in [1.82, 2.24) is 19.7 Å². The first-order valence-electron chi connectivity index (χ1n) is 7.78. The second-order valence-electron chi connectivity index (χ2n) is 6.19. The van der Waals surface area contributed by atoms with Gasteiger partial charge in [0, 0.05) is 30.4 Å². The zero-order valence-electron chi connectivity index (χ0n) is 13.0. The van der Waals surface area contributed by atoms with E-state index in [4.69, 9.17) is 0 Å². The van der Waals surface area contributed by atoms with Gasteiger partial charge in [0.15, 0.2) is 0 Å². The number of hydrogen-bond donors (Lipinski definition) is 0. The summed E-state index contributed by atoms with van der Waals surface area (Å²) in [6, 6.07) is 3.45. The van der Waals surface area contributed by atoms with E-state index in [0.29, 0.717) is 30.9 Å². The molecule has 0 bridgehead atoms. The third kappa shape index (κ3) is 3.89. The number of hydrogen-bond acceptors (Lipinski definition) is 3. The van der Waals surface area contributed by atoms with Crippen molar-refractivity contribution in [2.75, 3.05) is 0 Å². The SMILES string of the molecule is Cc1cc(CC2CCC(F)(F)CC2)nc(-n2ccc(CF)n2)n1. The highest BCUT2D eigenvalue weighted by atomic mass is 19.3. The lowest BCUT2D eigenvalue weighted by Gasteiger charge is -2.28. The van der Waals surface area contributed by atoms with Crippen molar-refractivity contribution >= 4 is 0 Å². The average Bonchev–Trinajstić information content (AvgIpc) is 2.98. The fourth-order valence-electron chi connectivity index (χ4n) is 2.97. The Kier molecular flexibility index (Phi) is 4.37. The van der Waals surface area contributed by atoms with Crippen LogP contribution in [0, 0.1) is 12.8 Å². The summed E-state index contributed by atoms with van der Waals surface area (Å²) in [7, 11) is 0. The maximum atomic E-state index is 13.2. The molecule has 0 atom stereocenters. The molecule has 23 heavy (non-hydrogen) atoms. The molecule has 0 spiro atoms. The van der Waals surface area contributed by atoms with Gasteiger partial charge in [-0.1, -0.05) is 0 Å². The quantitative estimate of drug-likeness (QED) is 0.859. The summed E-state index contributed by atoms with van der Waals surface area (Å²) >= 11 is 0. The van der Waals surface area contributed by atoms with Gasteiger partial charge in [0.05, 0.1) is 5.69 Å². The van der Waals surface area contributed by atoms with E-state index in [9.17, 15) is 13.2 Å². The van der Waals surface area contributed by atoms with Crippen LogP contribution in [-0.4, -0.2) is 25.7 Å². The van der Waals surface area contributed by atoms with Crippen LogP contribution < -0.4 is 0 Å². The lowest BCUT2D eigenvalue weighted by molar-refractivity contribution is -0.0457. The van der Waals surface area contributed by atoms with Crippen molar-refractivity contribution < 1.29 is 13.2 Å². The second kappa shape index (κ2) is 6.29. The van der Waals surface area contributed by atoms with Gasteiger partial charge in [-0.25, -0.2) is 27.8 Å². The molecule has 0 N–H and O–H groups in total. The van der Waals surface area contributed by atoms with Crippen molar-refractivity contribution in [1.29, 1.82) is 0 Å². The van der Waals surface area contributed by atoms with E-state index in [-0.39, 0.29) is 18.8 Å². The van der Waals surface area contributed by atoms with Crippen LogP contribution in [0.5, 0.6) is 0 Å². The molecule has 7 heteroatoms. The smallest absolute Gasteiger partial charge is 0.244 e. The molecule has 0 aliphatic heterocycles. The Balaban J connectivity index is 1.75. The second-order valence-corrected chi connectivity index (χ2v) is 6.19. The van der Waals surface area contributed by atoms with Gasteiger partial charge in [-0.2, -0.15) is 5.10 Å². The van der Waals surface area contributed by atoms with Crippen LogP contribution in [0.4, 0.5) is 13.2 Å². The highest BCUT2D eigenvalue weighted by Crippen LogP contribution is 2.37. The summed E-state index contributed by atoms with van der Waals surface area (Å²) in [5.41, 5.74) is 1.93. The molecule has 124 valence electrons. The van der Waals surface area contributed by atoms with Crippen molar-refractivity contribution in [2.45, 2.75) is 51.6 Å². The largest absolute Gasteiger partial charge is 0.250 e. The standard InChI is InChI=1S/C16H19F3N4/c1-11-8-14(9-12-2-5-16(18,19)6-3-12)21-15(20-11)23-7-4-13(10-17)22-23/h4,7-8,12H,2-3,5-6,9-10H2,1H3. The van der Waals surface area contributed by atoms with E-state index in [1.807, 2.05) is 13.0 Å². The van der Waals surface area contributed by atoms with Crippen LogP contribution in [0.2, 0.25) is 0 Å². The summed E-state index contributed by atoms with van der Waals surface area (Å²) in [6.07, 6.45) is 3.21. The monoisotopic (exact) mass is 324 g/mol. The number of halogens is 3. The Bertz CT molecular complexity index is 674. The van der Waals surface area contributed by atoms with E-state index in [1.54, 1.807) is 12.3 Å². The van der Waals surface area contributed by atoms with Gasteiger partial charge < -0.3 is 0 Å². The van der Waals surface area contributed by atoms with E-state index in [2.05, 4.69) is 15.1 Å². The minimum absolute atomic E-state index is 0.0480. The fourth-order valence-corrected chi connectivity index (χ4v) is 2.97. The van der Waals surface area contributed by atoms with Gasteiger partial charge in [0.1, 0.15) is 6.67 Å². The Morgan fingerprint density at radius 3 is 2.61 bits per heavy atom. The molecule has 2 heterocycles. The number of nitrogens with zero attached hydrogens (tertiary/aromatic N) is 4. The molecule has 4 nitrogen and oxygen atoms in total. The molecule has 0 amide bonds. The minimum atomic E-state index is -2.51. The first-order chi connectivity index (χ1) is 10.9. The van der Waals surface area contributed by atoms with Crippen molar-refractivity contribution in [3.8, 4) is 5.95 Å². The van der Waals surface area contributed by atoms with Crippen LogP contribution in [0.3, 0.4) is 0 Å². The van der Waals surface area contributed by atoms with E-state index in [0.717, 1.165) is 11.4 Å². The van der Waals surface area contributed by atoms with Crippen LogP contribution in [0.1, 0.15) is 42.8 Å². The van der Waals surface area contributed by atoms with Crippen LogP contribution in [0.25, 0.3) is 5.95 Å².